The van der Waals surface area contributed by atoms with Crippen molar-refractivity contribution in [3.63, 3.8) is 0 Å². The highest BCUT2D eigenvalue weighted by Gasteiger charge is 2.31. The van der Waals surface area contributed by atoms with Gasteiger partial charge in [-0.2, -0.15) is 0 Å². The molecule has 1 atom stereocenters. The Labute approximate surface area is 108 Å². The Morgan fingerprint density at radius 3 is 2.47 bits per heavy atom. The summed E-state index contributed by atoms with van der Waals surface area (Å²) < 4.78 is 0. The second kappa shape index (κ2) is 5.19. The third-order valence-electron chi connectivity index (χ3n) is 3.17. The minimum atomic E-state index is -0.655. The zero-order valence-electron chi connectivity index (χ0n) is 10.1. The summed E-state index contributed by atoms with van der Waals surface area (Å²) in [6.07, 6.45) is 2.10. The second-order valence-electron chi connectivity index (χ2n) is 4.54. The highest BCUT2D eigenvalue weighted by Crippen LogP contribution is 2.36. The highest BCUT2D eigenvalue weighted by atomic mass is 16.6. The van der Waals surface area contributed by atoms with Crippen molar-refractivity contribution in [3.8, 4) is 0 Å². The molecule has 1 aromatic rings. The summed E-state index contributed by atoms with van der Waals surface area (Å²) in [6, 6.07) is 3.54. The number of rotatable bonds is 6. The molecule has 3 N–H and O–H groups in total. The van der Waals surface area contributed by atoms with Crippen LogP contribution < -0.4 is 11.1 Å². The van der Waals surface area contributed by atoms with Crippen LogP contribution in [0.25, 0.3) is 0 Å². The SMILES string of the molecule is NCC(Nc1ccc([N+](=O)[O-])cc1[N+](=O)[O-])C1CC1. The zero-order valence-corrected chi connectivity index (χ0v) is 10.1. The van der Waals surface area contributed by atoms with E-state index in [1.807, 2.05) is 0 Å². The van der Waals surface area contributed by atoms with Crippen LogP contribution in [0.4, 0.5) is 17.1 Å². The van der Waals surface area contributed by atoms with Crippen molar-refractivity contribution in [2.75, 3.05) is 11.9 Å². The van der Waals surface area contributed by atoms with Gasteiger partial charge in [0.05, 0.1) is 15.9 Å². The molecule has 1 unspecified atom stereocenters. The molecule has 1 fully saturated rings. The van der Waals surface area contributed by atoms with Crippen LogP contribution in [-0.2, 0) is 0 Å². The molecule has 2 rings (SSSR count). The zero-order chi connectivity index (χ0) is 14.0. The van der Waals surface area contributed by atoms with Crippen molar-refractivity contribution in [2.24, 2.45) is 11.7 Å². The molecule has 1 aromatic carbocycles. The van der Waals surface area contributed by atoms with E-state index in [1.165, 1.54) is 12.1 Å². The third-order valence-corrected chi connectivity index (χ3v) is 3.17. The summed E-state index contributed by atoms with van der Waals surface area (Å²) in [5.74, 6) is 0.430. The van der Waals surface area contributed by atoms with Crippen LogP contribution in [0.3, 0.4) is 0 Å². The average molecular weight is 266 g/mol. The predicted octanol–water partition coefficient (Wildman–Crippen LogP) is 1.65. The minimum absolute atomic E-state index is 0.0276. The number of nitrogens with one attached hydrogen (secondary N) is 1. The van der Waals surface area contributed by atoms with E-state index in [-0.39, 0.29) is 23.1 Å². The molecule has 0 spiro atoms. The number of non-ortho nitro benzene ring substituents is 1. The molecular formula is C11H14N4O4. The smallest absolute Gasteiger partial charge is 0.299 e. The fraction of sp³-hybridized carbons (Fsp3) is 0.455. The van der Waals surface area contributed by atoms with Crippen molar-refractivity contribution >= 4 is 17.1 Å². The molecule has 1 aliphatic rings. The first-order chi connectivity index (χ1) is 9.02. The topological polar surface area (TPSA) is 124 Å². The number of anilines is 1. The normalized spacial score (nSPS) is 15.8. The Kier molecular flexibility index (Phi) is 3.61. The maximum Gasteiger partial charge on any atom is 0.299 e. The first-order valence-corrected chi connectivity index (χ1v) is 5.92. The van der Waals surface area contributed by atoms with Gasteiger partial charge in [-0.15, -0.1) is 0 Å². The number of nitrogens with two attached hydrogens (primary N) is 1. The lowest BCUT2D eigenvalue weighted by Crippen LogP contribution is -2.31. The van der Waals surface area contributed by atoms with E-state index in [0.29, 0.717) is 12.5 Å². The molecule has 0 heterocycles. The molecule has 8 nitrogen and oxygen atoms in total. The van der Waals surface area contributed by atoms with E-state index in [9.17, 15) is 20.2 Å². The van der Waals surface area contributed by atoms with Gasteiger partial charge in [0.1, 0.15) is 5.69 Å². The molecule has 0 amide bonds. The Balaban J connectivity index is 2.28. The molecule has 8 heteroatoms. The van der Waals surface area contributed by atoms with Crippen molar-refractivity contribution in [1.82, 2.24) is 0 Å². The predicted molar refractivity (Wildman–Crippen MR) is 68.9 cm³/mol. The Morgan fingerprint density at radius 1 is 1.32 bits per heavy atom. The van der Waals surface area contributed by atoms with E-state index in [4.69, 9.17) is 5.73 Å². The Bertz CT molecular complexity index is 515. The molecule has 0 radical (unpaired) electrons. The van der Waals surface area contributed by atoms with Gasteiger partial charge in [-0.25, -0.2) is 0 Å². The van der Waals surface area contributed by atoms with Gasteiger partial charge in [-0.1, -0.05) is 0 Å². The summed E-state index contributed by atoms with van der Waals surface area (Å²) >= 11 is 0. The maximum atomic E-state index is 11.0. The van der Waals surface area contributed by atoms with Crippen molar-refractivity contribution in [3.05, 3.63) is 38.4 Å². The first kappa shape index (κ1) is 13.2. The summed E-state index contributed by atoms with van der Waals surface area (Å²) in [4.78, 5) is 20.3. The van der Waals surface area contributed by atoms with Crippen molar-refractivity contribution in [1.29, 1.82) is 0 Å². The molecule has 102 valence electrons. The molecule has 0 aliphatic heterocycles. The molecule has 19 heavy (non-hydrogen) atoms. The maximum absolute atomic E-state index is 11.0. The summed E-state index contributed by atoms with van der Waals surface area (Å²) in [7, 11) is 0. The van der Waals surface area contributed by atoms with E-state index < -0.39 is 9.85 Å². The Morgan fingerprint density at radius 2 is 2.00 bits per heavy atom. The van der Waals surface area contributed by atoms with E-state index in [1.54, 1.807) is 0 Å². The number of nitrogens with zero attached hydrogens (tertiary/aromatic N) is 2. The van der Waals surface area contributed by atoms with E-state index in [2.05, 4.69) is 5.32 Å². The van der Waals surface area contributed by atoms with E-state index in [0.717, 1.165) is 18.9 Å². The first-order valence-electron chi connectivity index (χ1n) is 5.92. The lowest BCUT2D eigenvalue weighted by atomic mass is 10.1. The number of hydrogen-bond donors (Lipinski definition) is 2. The molecule has 1 saturated carbocycles. The van der Waals surface area contributed by atoms with Gasteiger partial charge >= 0.3 is 0 Å². The van der Waals surface area contributed by atoms with Crippen molar-refractivity contribution in [2.45, 2.75) is 18.9 Å². The highest BCUT2D eigenvalue weighted by molar-refractivity contribution is 5.65. The molecule has 1 aliphatic carbocycles. The van der Waals surface area contributed by atoms with Crippen molar-refractivity contribution < 1.29 is 9.85 Å². The summed E-state index contributed by atoms with van der Waals surface area (Å²) in [5.41, 5.74) is 5.31. The number of benzene rings is 1. The summed E-state index contributed by atoms with van der Waals surface area (Å²) in [6.45, 7) is 0.374. The summed E-state index contributed by atoms with van der Waals surface area (Å²) in [5, 5.41) is 24.6. The third kappa shape index (κ3) is 2.97. The van der Waals surface area contributed by atoms with E-state index >= 15 is 0 Å². The molecule has 0 aromatic heterocycles. The lowest BCUT2D eigenvalue weighted by molar-refractivity contribution is -0.393. The quantitative estimate of drug-likeness (QED) is 0.595. The number of nitro groups is 2. The largest absolute Gasteiger partial charge is 0.375 e. The number of hydrogen-bond acceptors (Lipinski definition) is 6. The minimum Gasteiger partial charge on any atom is -0.375 e. The second-order valence-corrected chi connectivity index (χ2v) is 4.54. The van der Waals surface area contributed by atoms with Gasteiger partial charge in [0.2, 0.25) is 0 Å². The Hall–Kier alpha value is -2.22. The van der Waals surface area contributed by atoms with Crippen LogP contribution in [0.5, 0.6) is 0 Å². The van der Waals surface area contributed by atoms with Crippen LogP contribution in [0.1, 0.15) is 12.8 Å². The number of nitro benzene ring substituents is 2. The van der Waals surface area contributed by atoms with Gasteiger partial charge < -0.3 is 11.1 Å². The van der Waals surface area contributed by atoms with Gasteiger partial charge in [0.15, 0.2) is 0 Å². The monoisotopic (exact) mass is 266 g/mol. The van der Waals surface area contributed by atoms with Crippen LogP contribution in [-0.4, -0.2) is 22.4 Å². The fourth-order valence-electron chi connectivity index (χ4n) is 1.97. The van der Waals surface area contributed by atoms with Gasteiger partial charge in [0.25, 0.3) is 11.4 Å². The van der Waals surface area contributed by atoms with Crippen LogP contribution in [0.2, 0.25) is 0 Å². The molecule has 0 saturated heterocycles. The molecular weight excluding hydrogens is 252 g/mol. The van der Waals surface area contributed by atoms with Crippen LogP contribution >= 0.6 is 0 Å². The van der Waals surface area contributed by atoms with Gasteiger partial charge in [-0.05, 0) is 24.8 Å². The fourth-order valence-corrected chi connectivity index (χ4v) is 1.97. The van der Waals surface area contributed by atoms with Gasteiger partial charge in [-0.3, -0.25) is 20.2 Å². The standard InChI is InChI=1S/C11H14N4O4/c12-6-10(7-1-2-7)13-9-4-3-8(14(16)17)5-11(9)15(18)19/h3-5,7,10,13H,1-2,6,12H2. The van der Waals surface area contributed by atoms with Crippen LogP contribution in [0, 0.1) is 26.1 Å². The molecule has 0 bridgehead atoms. The average Bonchev–Trinajstić information content (AvgIpc) is 3.19. The van der Waals surface area contributed by atoms with Gasteiger partial charge in [0, 0.05) is 18.7 Å². The van der Waals surface area contributed by atoms with Crippen LogP contribution in [0.15, 0.2) is 18.2 Å². The lowest BCUT2D eigenvalue weighted by Gasteiger charge is -2.17.